The first kappa shape index (κ1) is 18.6. The molecule has 30 heavy (non-hydrogen) atoms. The number of allylic oxidation sites excluding steroid dienone is 6. The van der Waals surface area contributed by atoms with Crippen molar-refractivity contribution >= 4 is 17.4 Å². The van der Waals surface area contributed by atoms with E-state index in [1.165, 1.54) is 17.1 Å². The zero-order valence-corrected chi connectivity index (χ0v) is 17.7. The molecule has 0 bridgehead atoms. The van der Waals surface area contributed by atoms with Crippen LogP contribution in [0, 0.1) is 0 Å². The topological polar surface area (TPSA) is 34.2 Å². The van der Waals surface area contributed by atoms with Crippen LogP contribution < -0.4 is 0 Å². The van der Waals surface area contributed by atoms with E-state index in [0.717, 1.165) is 35.8 Å². The number of hydrogen-bond donors (Lipinski definition) is 0. The van der Waals surface area contributed by atoms with Gasteiger partial charge in [0.2, 0.25) is 0 Å². The Bertz CT molecular complexity index is 1130. The van der Waals surface area contributed by atoms with Crippen LogP contribution in [0.5, 0.6) is 0 Å². The molecule has 1 aromatic rings. The Morgan fingerprint density at radius 1 is 1.00 bits per heavy atom. The van der Waals surface area contributed by atoms with Crippen molar-refractivity contribution in [2.45, 2.75) is 32.7 Å². The van der Waals surface area contributed by atoms with Gasteiger partial charge in [-0.05, 0) is 53.0 Å². The lowest BCUT2D eigenvalue weighted by Crippen LogP contribution is -2.51. The van der Waals surface area contributed by atoms with E-state index >= 15 is 0 Å². The Morgan fingerprint density at radius 3 is 2.53 bits per heavy atom. The second-order valence-electron chi connectivity index (χ2n) is 7.67. The van der Waals surface area contributed by atoms with Crippen molar-refractivity contribution < 1.29 is 4.68 Å². The largest absolute Gasteiger partial charge is 0.374 e. The Hall–Kier alpha value is -3.47. The van der Waals surface area contributed by atoms with Gasteiger partial charge in [0, 0.05) is 25.2 Å². The molecule has 4 heterocycles. The van der Waals surface area contributed by atoms with Gasteiger partial charge in [0.1, 0.15) is 11.4 Å². The molecule has 1 atom stereocenters. The summed E-state index contributed by atoms with van der Waals surface area (Å²) in [5, 5.41) is 4.94. The van der Waals surface area contributed by atoms with E-state index < -0.39 is 0 Å². The summed E-state index contributed by atoms with van der Waals surface area (Å²) in [6.07, 6.45) is 16.8. The molecule has 0 fully saturated rings. The molecule has 5 heteroatoms. The molecular formula is C25H26N5+. The van der Waals surface area contributed by atoms with E-state index in [1.807, 2.05) is 18.2 Å². The van der Waals surface area contributed by atoms with Crippen LogP contribution in [0.3, 0.4) is 0 Å². The summed E-state index contributed by atoms with van der Waals surface area (Å²) >= 11 is 0. The lowest BCUT2D eigenvalue weighted by Gasteiger charge is -2.40. The van der Waals surface area contributed by atoms with Gasteiger partial charge in [0.05, 0.1) is 17.4 Å². The number of hydrazone groups is 1. The maximum absolute atomic E-state index is 4.99. The van der Waals surface area contributed by atoms with Crippen LogP contribution in [0.25, 0.3) is 0 Å². The third-order valence-electron chi connectivity index (χ3n) is 5.93. The fourth-order valence-electron chi connectivity index (χ4n) is 4.52. The van der Waals surface area contributed by atoms with Crippen molar-refractivity contribution in [2.24, 2.45) is 10.1 Å². The summed E-state index contributed by atoms with van der Waals surface area (Å²) in [6.45, 7) is 4.46. The number of rotatable bonds is 3. The average molecular weight is 397 g/mol. The third-order valence-corrected chi connectivity index (χ3v) is 5.93. The molecule has 0 spiro atoms. The normalized spacial score (nSPS) is 24.6. The predicted molar refractivity (Wildman–Crippen MR) is 122 cm³/mol. The van der Waals surface area contributed by atoms with Crippen molar-refractivity contribution in [3.05, 3.63) is 95.6 Å². The third kappa shape index (κ3) is 2.81. The van der Waals surface area contributed by atoms with Gasteiger partial charge < -0.3 is 9.80 Å². The molecule has 0 unspecified atom stereocenters. The van der Waals surface area contributed by atoms with E-state index in [9.17, 15) is 0 Å². The van der Waals surface area contributed by atoms with Crippen LogP contribution in [-0.2, 0) is 0 Å². The van der Waals surface area contributed by atoms with Crippen LogP contribution >= 0.6 is 0 Å². The van der Waals surface area contributed by atoms with Crippen LogP contribution in [0.15, 0.2) is 100 Å². The fourth-order valence-corrected chi connectivity index (χ4v) is 4.52. The highest BCUT2D eigenvalue weighted by Gasteiger charge is 2.46. The molecular weight excluding hydrogens is 370 g/mol. The molecule has 0 radical (unpaired) electrons. The Morgan fingerprint density at radius 2 is 1.80 bits per heavy atom. The van der Waals surface area contributed by atoms with Gasteiger partial charge in [-0.1, -0.05) is 48.9 Å². The highest BCUT2D eigenvalue weighted by atomic mass is 15.5. The first-order valence-electron chi connectivity index (χ1n) is 10.6. The molecule has 0 aliphatic carbocycles. The van der Waals surface area contributed by atoms with Crippen molar-refractivity contribution in [1.82, 2.24) is 9.80 Å². The Kier molecular flexibility index (Phi) is 4.58. The van der Waals surface area contributed by atoms with Gasteiger partial charge in [-0.2, -0.15) is 0 Å². The minimum Gasteiger partial charge on any atom is -0.349 e. The van der Waals surface area contributed by atoms with Gasteiger partial charge in [0.15, 0.2) is 0 Å². The Labute approximate surface area is 177 Å². The summed E-state index contributed by atoms with van der Waals surface area (Å²) in [4.78, 5) is 9.62. The van der Waals surface area contributed by atoms with Crippen LogP contribution in [0.1, 0.15) is 32.3 Å². The second-order valence-corrected chi connectivity index (χ2v) is 7.67. The summed E-state index contributed by atoms with van der Waals surface area (Å²) in [6, 6.07) is 10.5. The lowest BCUT2D eigenvalue weighted by molar-refractivity contribution is -0.416. The summed E-state index contributed by atoms with van der Waals surface area (Å²) in [5.74, 6) is 1.69. The minimum atomic E-state index is 0.235. The highest BCUT2D eigenvalue weighted by Crippen LogP contribution is 2.35. The number of aliphatic imine (C=N–C) groups is 1. The monoisotopic (exact) mass is 396 g/mol. The standard InChI is InChI=1S/C25H26N5/c1-4-19-20(5-2)30-25(26-24(27-30)18-12-7-6-8-13-18)23-16-11-15-22(29(19)23)21-14-9-10-17-28(21)3/h6-17,19H,4-5H2,1-3H3/q+1/t19-/m0/s1. The molecule has 0 amide bonds. The van der Waals surface area contributed by atoms with E-state index in [4.69, 9.17) is 10.1 Å². The molecule has 0 N–H and O–H groups in total. The smallest absolute Gasteiger partial charge is 0.349 e. The van der Waals surface area contributed by atoms with Gasteiger partial charge in [-0.25, -0.2) is 0 Å². The van der Waals surface area contributed by atoms with E-state index in [0.29, 0.717) is 0 Å². The van der Waals surface area contributed by atoms with Crippen molar-refractivity contribution in [2.75, 3.05) is 7.05 Å². The van der Waals surface area contributed by atoms with Crippen molar-refractivity contribution in [3.63, 3.8) is 0 Å². The quantitative estimate of drug-likeness (QED) is 0.710. The lowest BCUT2D eigenvalue weighted by atomic mass is 9.96. The van der Waals surface area contributed by atoms with Gasteiger partial charge in [-0.3, -0.25) is 0 Å². The molecule has 150 valence electrons. The Balaban J connectivity index is 1.69. The summed E-state index contributed by atoms with van der Waals surface area (Å²) in [7, 11) is 2.10. The summed E-state index contributed by atoms with van der Waals surface area (Å²) < 4.78 is 2.08. The maximum atomic E-state index is 4.99. The average Bonchev–Trinajstić information content (AvgIpc) is 3.24. The van der Waals surface area contributed by atoms with Crippen LogP contribution in [0.4, 0.5) is 0 Å². The molecule has 4 aliphatic heterocycles. The number of amidine groups is 2. The SMILES string of the molecule is CCC1=[N+]2N=C(c3ccccc3)N=C2C2=CC=CC(=C3C=CC=CN3C)N2[C@H]1CC. The predicted octanol–water partition coefficient (Wildman–Crippen LogP) is 4.40. The first-order chi connectivity index (χ1) is 14.7. The van der Waals surface area contributed by atoms with E-state index in [2.05, 4.69) is 90.2 Å². The minimum absolute atomic E-state index is 0.235. The van der Waals surface area contributed by atoms with Gasteiger partial charge >= 0.3 is 11.7 Å². The highest BCUT2D eigenvalue weighted by molar-refractivity contribution is 6.14. The number of hydrogen-bond acceptors (Lipinski definition) is 4. The molecule has 0 saturated carbocycles. The van der Waals surface area contributed by atoms with Crippen LogP contribution in [0.2, 0.25) is 0 Å². The summed E-state index contributed by atoms with van der Waals surface area (Å²) in [5.41, 5.74) is 5.81. The van der Waals surface area contributed by atoms with Crippen LogP contribution in [-0.4, -0.2) is 45.0 Å². The van der Waals surface area contributed by atoms with Crippen molar-refractivity contribution in [1.29, 1.82) is 0 Å². The molecule has 4 aliphatic rings. The maximum Gasteiger partial charge on any atom is 0.374 e. The molecule has 0 saturated heterocycles. The zero-order chi connectivity index (χ0) is 20.7. The molecule has 5 rings (SSSR count). The molecule has 1 aromatic carbocycles. The molecule has 5 nitrogen and oxygen atoms in total. The number of fused-ring (bicyclic) bond motifs is 3. The van der Waals surface area contributed by atoms with E-state index in [1.54, 1.807) is 0 Å². The van der Waals surface area contributed by atoms with E-state index in [-0.39, 0.29) is 6.04 Å². The number of benzene rings is 1. The van der Waals surface area contributed by atoms with Gasteiger partial charge in [-0.15, -0.1) is 0 Å². The first-order valence-corrected chi connectivity index (χ1v) is 10.6. The second kappa shape index (κ2) is 7.41. The van der Waals surface area contributed by atoms with Crippen molar-refractivity contribution in [3.8, 4) is 0 Å². The zero-order valence-electron chi connectivity index (χ0n) is 17.7. The number of nitrogens with zero attached hydrogens (tertiary/aromatic N) is 5. The molecule has 0 aromatic heterocycles. The number of likely N-dealkylation sites (N-methyl/N-ethyl adjacent to an activating group) is 1. The van der Waals surface area contributed by atoms with Gasteiger partial charge in [0.25, 0.3) is 0 Å². The fraction of sp³-hybridized carbons (Fsp3) is 0.240.